The van der Waals surface area contributed by atoms with Crippen molar-refractivity contribution in [1.29, 1.82) is 5.26 Å². The highest BCUT2D eigenvalue weighted by Crippen LogP contribution is 2.24. The van der Waals surface area contributed by atoms with Crippen LogP contribution in [0.4, 0.5) is 4.39 Å². The zero-order valence-electron chi connectivity index (χ0n) is 11.3. The van der Waals surface area contributed by atoms with Crippen molar-refractivity contribution in [2.75, 3.05) is 20.3 Å². The summed E-state index contributed by atoms with van der Waals surface area (Å²) in [5.41, 5.74) is 0.699. The number of nitrogens with zero attached hydrogens (tertiary/aromatic N) is 1. The van der Waals surface area contributed by atoms with E-state index in [0.29, 0.717) is 31.7 Å². The number of methoxy groups -OCH3 is 1. The van der Waals surface area contributed by atoms with Gasteiger partial charge in [0.25, 0.3) is 0 Å². The molecule has 0 aromatic heterocycles. The zero-order chi connectivity index (χ0) is 14.1. The quantitative estimate of drug-likeness (QED) is 0.733. The summed E-state index contributed by atoms with van der Waals surface area (Å²) in [6.07, 6.45) is -0.115. The molecule has 1 aromatic carbocycles. The van der Waals surface area contributed by atoms with Crippen molar-refractivity contribution in [3.05, 3.63) is 29.6 Å². The molecule has 0 bridgehead atoms. The molecule has 0 spiro atoms. The molecule has 0 aliphatic rings. The van der Waals surface area contributed by atoms with E-state index in [2.05, 4.69) is 5.32 Å². The molecule has 104 valence electrons. The summed E-state index contributed by atoms with van der Waals surface area (Å²) < 4.78 is 24.1. The topological polar surface area (TPSA) is 54.3 Å². The van der Waals surface area contributed by atoms with Crippen LogP contribution in [-0.4, -0.2) is 26.4 Å². The molecule has 0 amide bonds. The van der Waals surface area contributed by atoms with Gasteiger partial charge in [-0.3, -0.25) is 0 Å². The van der Waals surface area contributed by atoms with Gasteiger partial charge in [-0.2, -0.15) is 5.26 Å². The van der Waals surface area contributed by atoms with E-state index in [-0.39, 0.29) is 5.75 Å². The minimum Gasteiger partial charge on any atom is -0.472 e. The van der Waals surface area contributed by atoms with E-state index in [1.54, 1.807) is 19.2 Å². The first-order valence-corrected chi connectivity index (χ1v) is 6.26. The molecular weight excluding hydrogens is 247 g/mol. The average molecular weight is 266 g/mol. The second kappa shape index (κ2) is 8.46. The number of benzene rings is 1. The molecule has 0 radical (unpaired) electrons. The first kappa shape index (κ1) is 15.4. The van der Waals surface area contributed by atoms with Crippen LogP contribution in [0.3, 0.4) is 0 Å². The molecule has 0 saturated heterocycles. The third-order valence-corrected chi connectivity index (χ3v) is 2.62. The minimum absolute atomic E-state index is 0.154. The van der Waals surface area contributed by atoms with E-state index < -0.39 is 11.9 Å². The number of nitrogens with one attached hydrogen (secondary N) is 1. The number of halogens is 1. The van der Waals surface area contributed by atoms with E-state index in [4.69, 9.17) is 14.7 Å². The number of nitriles is 1. The van der Waals surface area contributed by atoms with Crippen molar-refractivity contribution in [2.24, 2.45) is 0 Å². The van der Waals surface area contributed by atoms with Crippen molar-refractivity contribution >= 4 is 0 Å². The van der Waals surface area contributed by atoms with E-state index in [1.165, 1.54) is 6.07 Å². The van der Waals surface area contributed by atoms with Gasteiger partial charge < -0.3 is 14.8 Å². The summed E-state index contributed by atoms with van der Waals surface area (Å²) in [6.45, 7) is 3.55. The van der Waals surface area contributed by atoms with Gasteiger partial charge >= 0.3 is 0 Å². The van der Waals surface area contributed by atoms with Gasteiger partial charge in [-0.25, -0.2) is 4.39 Å². The minimum atomic E-state index is -0.630. The number of hydrogen-bond acceptors (Lipinski definition) is 4. The second-order valence-corrected chi connectivity index (χ2v) is 4.04. The van der Waals surface area contributed by atoms with Gasteiger partial charge in [0, 0.05) is 25.8 Å². The van der Waals surface area contributed by atoms with Gasteiger partial charge in [-0.1, -0.05) is 19.1 Å². The molecule has 0 heterocycles. The molecular formula is C14H19FN2O2. The Morgan fingerprint density at radius 1 is 1.47 bits per heavy atom. The Morgan fingerprint density at radius 2 is 2.26 bits per heavy atom. The highest BCUT2D eigenvalue weighted by Gasteiger charge is 2.14. The van der Waals surface area contributed by atoms with E-state index in [9.17, 15) is 4.39 Å². The van der Waals surface area contributed by atoms with Crippen LogP contribution in [0.25, 0.3) is 0 Å². The number of hydrogen-bond donors (Lipinski definition) is 1. The van der Waals surface area contributed by atoms with Gasteiger partial charge in [-0.15, -0.1) is 0 Å². The van der Waals surface area contributed by atoms with Crippen molar-refractivity contribution in [3.63, 3.8) is 0 Å². The molecule has 19 heavy (non-hydrogen) atoms. The highest BCUT2D eigenvalue weighted by molar-refractivity contribution is 5.35. The summed E-state index contributed by atoms with van der Waals surface area (Å²) in [5.74, 6) is -0.291. The molecule has 1 rings (SSSR count). The van der Waals surface area contributed by atoms with Crippen LogP contribution in [-0.2, 0) is 11.3 Å². The number of ether oxygens (including phenoxy) is 2. The Labute approximate surface area is 113 Å². The van der Waals surface area contributed by atoms with Crippen molar-refractivity contribution < 1.29 is 13.9 Å². The summed E-state index contributed by atoms with van der Waals surface area (Å²) in [7, 11) is 1.62. The molecule has 0 fully saturated rings. The van der Waals surface area contributed by atoms with Crippen molar-refractivity contribution in [2.45, 2.75) is 26.0 Å². The van der Waals surface area contributed by atoms with Crippen LogP contribution in [0.2, 0.25) is 0 Å². The molecule has 1 N–H and O–H groups in total. The lowest BCUT2D eigenvalue weighted by atomic mass is 10.2. The van der Waals surface area contributed by atoms with Crippen molar-refractivity contribution in [3.8, 4) is 11.8 Å². The Balaban J connectivity index is 2.74. The number of para-hydroxylation sites is 1. The Bertz CT molecular complexity index is 432. The maximum Gasteiger partial charge on any atom is 0.184 e. The third-order valence-electron chi connectivity index (χ3n) is 2.62. The largest absolute Gasteiger partial charge is 0.472 e. The fourth-order valence-corrected chi connectivity index (χ4v) is 1.57. The van der Waals surface area contributed by atoms with Crippen LogP contribution in [0.15, 0.2) is 18.2 Å². The molecule has 5 heteroatoms. The average Bonchev–Trinajstić information content (AvgIpc) is 2.43. The monoisotopic (exact) mass is 266 g/mol. The lowest BCUT2D eigenvalue weighted by molar-refractivity contribution is 0.198. The van der Waals surface area contributed by atoms with Gasteiger partial charge in [0.2, 0.25) is 0 Å². The Morgan fingerprint density at radius 3 is 2.89 bits per heavy atom. The van der Waals surface area contributed by atoms with E-state index >= 15 is 0 Å². The highest BCUT2D eigenvalue weighted by atomic mass is 19.1. The van der Waals surface area contributed by atoms with E-state index in [1.807, 2.05) is 13.0 Å². The smallest absolute Gasteiger partial charge is 0.184 e. The summed E-state index contributed by atoms with van der Waals surface area (Å²) in [5, 5.41) is 12.0. The summed E-state index contributed by atoms with van der Waals surface area (Å²) in [6, 6.07) is 6.74. The first-order chi connectivity index (χ1) is 9.22. The lowest BCUT2D eigenvalue weighted by Gasteiger charge is -2.15. The van der Waals surface area contributed by atoms with Gasteiger partial charge in [0.05, 0.1) is 6.61 Å². The molecule has 1 aromatic rings. The maximum absolute atomic E-state index is 13.8. The fourth-order valence-electron chi connectivity index (χ4n) is 1.57. The van der Waals surface area contributed by atoms with Crippen molar-refractivity contribution in [1.82, 2.24) is 5.32 Å². The molecule has 4 nitrogen and oxygen atoms in total. The van der Waals surface area contributed by atoms with Gasteiger partial charge in [0.1, 0.15) is 6.07 Å². The van der Waals surface area contributed by atoms with Crippen LogP contribution >= 0.6 is 0 Å². The van der Waals surface area contributed by atoms with Crippen LogP contribution < -0.4 is 10.1 Å². The molecule has 0 saturated carbocycles. The third kappa shape index (κ3) is 4.86. The summed E-state index contributed by atoms with van der Waals surface area (Å²) >= 11 is 0. The van der Waals surface area contributed by atoms with Gasteiger partial charge in [-0.05, 0) is 12.5 Å². The standard InChI is InChI=1S/C14H19FN2O2/c1-3-12(9-16)19-14-11(5-4-6-13(14)15)10-17-7-8-18-2/h4-6,12,17H,3,7-8,10H2,1-2H3. The Kier molecular flexibility index (Phi) is 6.86. The normalized spacial score (nSPS) is 11.9. The van der Waals surface area contributed by atoms with E-state index in [0.717, 1.165) is 0 Å². The van der Waals surface area contributed by atoms with Gasteiger partial charge in [0.15, 0.2) is 17.7 Å². The molecule has 0 aliphatic carbocycles. The summed E-state index contributed by atoms with van der Waals surface area (Å²) in [4.78, 5) is 0. The molecule has 1 unspecified atom stereocenters. The maximum atomic E-state index is 13.8. The predicted molar refractivity (Wildman–Crippen MR) is 70.3 cm³/mol. The van der Waals surface area contributed by atoms with Crippen LogP contribution in [0.5, 0.6) is 5.75 Å². The van der Waals surface area contributed by atoms with Crippen LogP contribution in [0.1, 0.15) is 18.9 Å². The molecule has 0 aliphatic heterocycles. The number of rotatable bonds is 8. The van der Waals surface area contributed by atoms with Crippen LogP contribution in [0, 0.1) is 17.1 Å². The first-order valence-electron chi connectivity index (χ1n) is 6.26. The fraction of sp³-hybridized carbons (Fsp3) is 0.500. The Hall–Kier alpha value is -1.64. The predicted octanol–water partition coefficient (Wildman–Crippen LogP) is 2.24. The lowest BCUT2D eigenvalue weighted by Crippen LogP contribution is -2.20. The molecule has 1 atom stereocenters. The SMILES string of the molecule is CCC(C#N)Oc1c(F)cccc1CNCCOC. The zero-order valence-corrected chi connectivity index (χ0v) is 11.3. The second-order valence-electron chi connectivity index (χ2n) is 4.04.